The topological polar surface area (TPSA) is 53.0 Å². The lowest BCUT2D eigenvalue weighted by atomic mass is 9.80. The molecule has 126 valence electrons. The number of nitriles is 1. The van der Waals surface area contributed by atoms with Gasteiger partial charge in [0.05, 0.1) is 22.9 Å². The molecule has 23 heavy (non-hydrogen) atoms. The molecule has 2 N–H and O–H groups in total. The van der Waals surface area contributed by atoms with Gasteiger partial charge in [0.2, 0.25) is 0 Å². The van der Waals surface area contributed by atoms with Crippen molar-refractivity contribution in [2.75, 3.05) is 23.7 Å². The third-order valence-electron chi connectivity index (χ3n) is 4.76. The van der Waals surface area contributed by atoms with Crippen LogP contribution in [0, 0.1) is 23.2 Å². The Morgan fingerprint density at radius 1 is 1.13 bits per heavy atom. The Labute approximate surface area is 141 Å². The zero-order valence-corrected chi connectivity index (χ0v) is 15.1. The first kappa shape index (κ1) is 17.7. The molecular formula is C20H31N3. The third-order valence-corrected chi connectivity index (χ3v) is 4.76. The SMILES string of the molecule is CC(C)CN(CC(C)C)c1ccc(C2(C#N)CCCC2)cc1N. The molecule has 0 amide bonds. The second-order valence-corrected chi connectivity index (χ2v) is 7.87. The molecule has 0 saturated heterocycles. The van der Waals surface area contributed by atoms with Crippen molar-refractivity contribution in [2.24, 2.45) is 11.8 Å². The minimum absolute atomic E-state index is 0.312. The minimum Gasteiger partial charge on any atom is -0.397 e. The van der Waals surface area contributed by atoms with E-state index in [1.807, 2.05) is 0 Å². The second-order valence-electron chi connectivity index (χ2n) is 7.87. The lowest BCUT2D eigenvalue weighted by Gasteiger charge is -2.31. The van der Waals surface area contributed by atoms with Gasteiger partial charge >= 0.3 is 0 Å². The molecule has 0 unspecified atom stereocenters. The van der Waals surface area contributed by atoms with Crippen LogP contribution in [-0.2, 0) is 5.41 Å². The summed E-state index contributed by atoms with van der Waals surface area (Å²) in [6.07, 6.45) is 4.21. The van der Waals surface area contributed by atoms with E-state index in [-0.39, 0.29) is 5.41 Å². The van der Waals surface area contributed by atoms with Gasteiger partial charge in [-0.1, -0.05) is 46.6 Å². The van der Waals surface area contributed by atoms with Gasteiger partial charge in [0, 0.05) is 13.1 Å². The first-order valence-electron chi connectivity index (χ1n) is 8.94. The summed E-state index contributed by atoms with van der Waals surface area (Å²) in [6.45, 7) is 11.0. The summed E-state index contributed by atoms with van der Waals surface area (Å²) < 4.78 is 0. The first-order valence-corrected chi connectivity index (χ1v) is 8.94. The molecule has 0 spiro atoms. The Hall–Kier alpha value is -1.69. The largest absolute Gasteiger partial charge is 0.397 e. The summed E-state index contributed by atoms with van der Waals surface area (Å²) in [7, 11) is 0. The van der Waals surface area contributed by atoms with Gasteiger partial charge in [-0.2, -0.15) is 5.26 Å². The van der Waals surface area contributed by atoms with Crippen LogP contribution in [-0.4, -0.2) is 13.1 Å². The number of nitrogen functional groups attached to an aromatic ring is 1. The van der Waals surface area contributed by atoms with Gasteiger partial charge in [0.25, 0.3) is 0 Å². The maximum atomic E-state index is 9.68. The van der Waals surface area contributed by atoms with Gasteiger partial charge in [-0.05, 0) is 42.4 Å². The number of benzene rings is 1. The van der Waals surface area contributed by atoms with E-state index in [2.05, 4.69) is 56.9 Å². The summed E-state index contributed by atoms with van der Waals surface area (Å²) in [6, 6.07) is 8.88. The molecule has 0 aliphatic heterocycles. The highest BCUT2D eigenvalue weighted by Crippen LogP contribution is 2.42. The van der Waals surface area contributed by atoms with Crippen LogP contribution in [0.1, 0.15) is 58.9 Å². The molecule has 1 saturated carbocycles. The quantitative estimate of drug-likeness (QED) is 0.773. The lowest BCUT2D eigenvalue weighted by Crippen LogP contribution is -2.32. The van der Waals surface area contributed by atoms with Gasteiger partial charge in [-0.25, -0.2) is 0 Å². The molecule has 0 bridgehead atoms. The van der Waals surface area contributed by atoms with E-state index in [4.69, 9.17) is 5.73 Å². The van der Waals surface area contributed by atoms with E-state index < -0.39 is 0 Å². The molecule has 3 nitrogen and oxygen atoms in total. The van der Waals surface area contributed by atoms with Crippen LogP contribution < -0.4 is 10.6 Å². The second kappa shape index (κ2) is 7.25. The predicted molar refractivity (Wildman–Crippen MR) is 98.5 cm³/mol. The maximum Gasteiger partial charge on any atom is 0.0823 e. The summed E-state index contributed by atoms with van der Waals surface area (Å²) in [5, 5.41) is 9.68. The fourth-order valence-corrected chi connectivity index (χ4v) is 3.74. The van der Waals surface area contributed by atoms with E-state index in [1.54, 1.807) is 0 Å². The molecule has 3 heteroatoms. The highest BCUT2D eigenvalue weighted by molar-refractivity contribution is 5.69. The van der Waals surface area contributed by atoms with Gasteiger partial charge < -0.3 is 10.6 Å². The van der Waals surface area contributed by atoms with Gasteiger partial charge in [0.15, 0.2) is 0 Å². The number of anilines is 2. The molecule has 1 aromatic rings. The Balaban J connectivity index is 2.32. The highest BCUT2D eigenvalue weighted by atomic mass is 15.1. The van der Waals surface area contributed by atoms with Crippen molar-refractivity contribution in [2.45, 2.75) is 58.8 Å². The smallest absolute Gasteiger partial charge is 0.0823 e. The van der Waals surface area contributed by atoms with Crippen LogP contribution >= 0.6 is 0 Å². The Morgan fingerprint density at radius 2 is 1.70 bits per heavy atom. The number of rotatable bonds is 6. The van der Waals surface area contributed by atoms with Crippen molar-refractivity contribution in [3.63, 3.8) is 0 Å². The molecule has 0 atom stereocenters. The van der Waals surface area contributed by atoms with Crippen molar-refractivity contribution in [3.05, 3.63) is 23.8 Å². The summed E-state index contributed by atoms with van der Waals surface area (Å²) >= 11 is 0. The lowest BCUT2D eigenvalue weighted by molar-refractivity contribution is 0.552. The zero-order valence-electron chi connectivity index (χ0n) is 15.1. The van der Waals surface area contributed by atoms with Crippen LogP contribution in [0.5, 0.6) is 0 Å². The van der Waals surface area contributed by atoms with Crippen molar-refractivity contribution < 1.29 is 0 Å². The maximum absolute atomic E-state index is 9.68. The van der Waals surface area contributed by atoms with Gasteiger partial charge in [-0.15, -0.1) is 0 Å². The fourth-order valence-electron chi connectivity index (χ4n) is 3.74. The molecular weight excluding hydrogens is 282 g/mol. The van der Waals surface area contributed by atoms with Gasteiger partial charge in [0.1, 0.15) is 0 Å². The van der Waals surface area contributed by atoms with Crippen molar-refractivity contribution >= 4 is 11.4 Å². The Bertz CT molecular complexity index is 553. The van der Waals surface area contributed by atoms with Crippen molar-refractivity contribution in [3.8, 4) is 6.07 Å². The molecule has 1 fully saturated rings. The predicted octanol–water partition coefficient (Wildman–Crippen LogP) is 4.72. The molecule has 0 radical (unpaired) electrons. The number of hydrogen-bond donors (Lipinski definition) is 1. The van der Waals surface area contributed by atoms with Crippen LogP contribution in [0.4, 0.5) is 11.4 Å². The van der Waals surface area contributed by atoms with Crippen LogP contribution in [0.25, 0.3) is 0 Å². The van der Waals surface area contributed by atoms with Gasteiger partial charge in [-0.3, -0.25) is 0 Å². The molecule has 1 aromatic carbocycles. The fraction of sp³-hybridized carbons (Fsp3) is 0.650. The minimum atomic E-state index is -0.312. The average Bonchev–Trinajstić information content (AvgIpc) is 2.95. The van der Waals surface area contributed by atoms with Crippen LogP contribution in [0.15, 0.2) is 18.2 Å². The molecule has 0 aromatic heterocycles. The highest BCUT2D eigenvalue weighted by Gasteiger charge is 2.36. The van der Waals surface area contributed by atoms with E-state index >= 15 is 0 Å². The first-order chi connectivity index (χ1) is 10.9. The molecule has 1 aliphatic carbocycles. The standard InChI is InChI=1S/C20H31N3/c1-15(2)12-23(13-16(3)4)19-8-7-17(11-18(19)22)20(14-21)9-5-6-10-20/h7-8,11,15-16H,5-6,9-10,12-13,22H2,1-4H3. The molecule has 2 rings (SSSR count). The average molecular weight is 313 g/mol. The molecule has 0 heterocycles. The van der Waals surface area contributed by atoms with E-state index in [0.717, 1.165) is 55.7 Å². The summed E-state index contributed by atoms with van der Waals surface area (Å²) in [5.41, 5.74) is 9.12. The van der Waals surface area contributed by atoms with Crippen molar-refractivity contribution in [1.29, 1.82) is 5.26 Å². The molecule has 1 aliphatic rings. The summed E-state index contributed by atoms with van der Waals surface area (Å²) in [4.78, 5) is 2.39. The monoisotopic (exact) mass is 313 g/mol. The van der Waals surface area contributed by atoms with Crippen LogP contribution in [0.2, 0.25) is 0 Å². The van der Waals surface area contributed by atoms with E-state index in [9.17, 15) is 5.26 Å². The van der Waals surface area contributed by atoms with E-state index in [1.165, 1.54) is 0 Å². The zero-order chi connectivity index (χ0) is 17.0. The van der Waals surface area contributed by atoms with E-state index in [0.29, 0.717) is 11.8 Å². The number of nitrogens with two attached hydrogens (primary N) is 1. The van der Waals surface area contributed by atoms with Crippen LogP contribution in [0.3, 0.4) is 0 Å². The Morgan fingerprint density at radius 3 is 2.13 bits per heavy atom. The number of nitrogens with zero attached hydrogens (tertiary/aromatic N) is 2. The number of hydrogen-bond acceptors (Lipinski definition) is 3. The summed E-state index contributed by atoms with van der Waals surface area (Å²) in [5.74, 6) is 1.18. The van der Waals surface area contributed by atoms with Crippen molar-refractivity contribution in [1.82, 2.24) is 0 Å². The third kappa shape index (κ3) is 3.99. The normalized spacial score (nSPS) is 16.7. The Kier molecular flexibility index (Phi) is 5.57.